The lowest BCUT2D eigenvalue weighted by Crippen LogP contribution is -2.49. The average Bonchev–Trinajstić information content (AvgIpc) is 2.29. The van der Waals surface area contributed by atoms with Crippen LogP contribution in [-0.2, 0) is 14.8 Å². The highest BCUT2D eigenvalue weighted by Gasteiger charge is 2.33. The van der Waals surface area contributed by atoms with E-state index in [0.29, 0.717) is 16.9 Å². The first-order valence-electron chi connectivity index (χ1n) is 5.94. The maximum Gasteiger partial charge on any atom is 0.324 e. The van der Waals surface area contributed by atoms with Gasteiger partial charge in [-0.15, -0.1) is 0 Å². The van der Waals surface area contributed by atoms with Crippen LogP contribution in [0.3, 0.4) is 0 Å². The SMILES string of the molecule is COc1cc(C)c(S(=O)(=O)NC(C)(C)C(=O)O)cc1C. The Hall–Kier alpha value is -1.60. The van der Waals surface area contributed by atoms with Crippen molar-refractivity contribution < 1.29 is 23.1 Å². The molecule has 0 saturated carbocycles. The first kappa shape index (κ1) is 16.5. The van der Waals surface area contributed by atoms with E-state index in [4.69, 9.17) is 9.84 Å². The molecule has 112 valence electrons. The highest BCUT2D eigenvalue weighted by molar-refractivity contribution is 7.89. The van der Waals surface area contributed by atoms with Gasteiger partial charge in [0.05, 0.1) is 12.0 Å². The predicted molar refractivity (Wildman–Crippen MR) is 74.5 cm³/mol. The lowest BCUT2D eigenvalue weighted by atomic mass is 10.1. The van der Waals surface area contributed by atoms with Gasteiger partial charge in [-0.2, -0.15) is 4.72 Å². The van der Waals surface area contributed by atoms with Crippen molar-refractivity contribution in [3.05, 3.63) is 23.3 Å². The number of aryl methyl sites for hydroxylation is 2. The van der Waals surface area contributed by atoms with Crippen LogP contribution in [0, 0.1) is 13.8 Å². The Balaban J connectivity index is 3.30. The molecule has 1 aromatic carbocycles. The maximum atomic E-state index is 12.3. The molecule has 0 spiro atoms. The molecule has 0 aliphatic rings. The first-order chi connectivity index (χ1) is 9.01. The third-order valence-electron chi connectivity index (χ3n) is 2.91. The molecule has 0 saturated heterocycles. The van der Waals surface area contributed by atoms with Crippen molar-refractivity contribution in [1.82, 2.24) is 4.72 Å². The highest BCUT2D eigenvalue weighted by Crippen LogP contribution is 2.26. The van der Waals surface area contributed by atoms with Gasteiger partial charge in [-0.05, 0) is 51.0 Å². The molecule has 2 N–H and O–H groups in total. The van der Waals surface area contributed by atoms with Crippen LogP contribution in [0.25, 0.3) is 0 Å². The second kappa shape index (κ2) is 5.41. The van der Waals surface area contributed by atoms with Gasteiger partial charge in [-0.3, -0.25) is 4.79 Å². The summed E-state index contributed by atoms with van der Waals surface area (Å²) in [6, 6.07) is 3.08. The summed E-state index contributed by atoms with van der Waals surface area (Å²) in [6.45, 7) is 5.93. The van der Waals surface area contributed by atoms with E-state index in [-0.39, 0.29) is 4.90 Å². The number of ether oxygens (including phenoxy) is 1. The van der Waals surface area contributed by atoms with Crippen LogP contribution in [0.2, 0.25) is 0 Å². The Kier molecular flexibility index (Phi) is 4.45. The van der Waals surface area contributed by atoms with E-state index in [0.717, 1.165) is 0 Å². The van der Waals surface area contributed by atoms with Crippen LogP contribution >= 0.6 is 0 Å². The van der Waals surface area contributed by atoms with Crippen molar-refractivity contribution in [3.8, 4) is 5.75 Å². The number of carbonyl (C=O) groups is 1. The Labute approximate surface area is 118 Å². The topological polar surface area (TPSA) is 92.7 Å². The van der Waals surface area contributed by atoms with Crippen LogP contribution in [0.4, 0.5) is 0 Å². The van der Waals surface area contributed by atoms with Crippen LogP contribution < -0.4 is 9.46 Å². The number of rotatable bonds is 5. The molecule has 1 aromatic rings. The van der Waals surface area contributed by atoms with E-state index >= 15 is 0 Å². The van der Waals surface area contributed by atoms with Crippen LogP contribution in [0.15, 0.2) is 17.0 Å². The lowest BCUT2D eigenvalue weighted by Gasteiger charge is -2.22. The van der Waals surface area contributed by atoms with Gasteiger partial charge < -0.3 is 9.84 Å². The molecule has 0 amide bonds. The van der Waals surface area contributed by atoms with Gasteiger partial charge in [0.25, 0.3) is 0 Å². The number of sulfonamides is 1. The summed E-state index contributed by atoms with van der Waals surface area (Å²) in [7, 11) is -2.43. The van der Waals surface area contributed by atoms with Gasteiger partial charge in [-0.25, -0.2) is 8.42 Å². The fraction of sp³-hybridized carbons (Fsp3) is 0.462. The van der Waals surface area contributed by atoms with Crippen molar-refractivity contribution in [2.24, 2.45) is 0 Å². The van der Waals surface area contributed by atoms with E-state index in [1.165, 1.54) is 27.0 Å². The van der Waals surface area contributed by atoms with Crippen molar-refractivity contribution >= 4 is 16.0 Å². The summed E-state index contributed by atoms with van der Waals surface area (Å²) in [5.74, 6) is -0.664. The van der Waals surface area contributed by atoms with E-state index in [2.05, 4.69) is 4.72 Å². The zero-order valence-corrected chi connectivity index (χ0v) is 13.0. The normalized spacial score (nSPS) is 12.2. The van der Waals surface area contributed by atoms with Crippen molar-refractivity contribution in [1.29, 1.82) is 0 Å². The molecule has 0 fully saturated rings. The second-order valence-electron chi connectivity index (χ2n) is 5.12. The fourth-order valence-corrected chi connectivity index (χ4v) is 3.39. The van der Waals surface area contributed by atoms with Gasteiger partial charge in [0.15, 0.2) is 0 Å². The lowest BCUT2D eigenvalue weighted by molar-refractivity contribution is -0.142. The molecule has 0 unspecified atom stereocenters. The molecular weight excluding hydrogens is 282 g/mol. The minimum Gasteiger partial charge on any atom is -0.496 e. The Morgan fingerprint density at radius 3 is 2.25 bits per heavy atom. The monoisotopic (exact) mass is 301 g/mol. The Bertz CT molecular complexity index is 634. The largest absolute Gasteiger partial charge is 0.496 e. The Morgan fingerprint density at radius 2 is 1.80 bits per heavy atom. The van der Waals surface area contributed by atoms with Crippen molar-refractivity contribution in [3.63, 3.8) is 0 Å². The zero-order valence-electron chi connectivity index (χ0n) is 12.1. The smallest absolute Gasteiger partial charge is 0.324 e. The minimum atomic E-state index is -3.93. The Morgan fingerprint density at radius 1 is 1.25 bits per heavy atom. The molecule has 1 rings (SSSR count). The third kappa shape index (κ3) is 3.29. The number of hydrogen-bond donors (Lipinski definition) is 2. The average molecular weight is 301 g/mol. The summed E-state index contributed by atoms with van der Waals surface area (Å²) in [5.41, 5.74) is -0.438. The predicted octanol–water partition coefficient (Wildman–Crippen LogP) is 1.45. The van der Waals surface area contributed by atoms with Gasteiger partial charge in [0.1, 0.15) is 11.3 Å². The summed E-state index contributed by atoms with van der Waals surface area (Å²) in [6.07, 6.45) is 0. The number of methoxy groups -OCH3 is 1. The van der Waals surface area contributed by atoms with Gasteiger partial charge in [0.2, 0.25) is 10.0 Å². The van der Waals surface area contributed by atoms with E-state index < -0.39 is 21.5 Å². The molecule has 0 bridgehead atoms. The number of carboxylic acids is 1. The number of benzene rings is 1. The first-order valence-corrected chi connectivity index (χ1v) is 7.42. The standard InChI is InChI=1S/C13H19NO5S/c1-8-7-11(9(2)6-10(8)19-5)20(17,18)14-13(3,4)12(15)16/h6-7,14H,1-5H3,(H,15,16). The number of carboxylic acid groups (broad SMARTS) is 1. The van der Waals surface area contributed by atoms with E-state index in [1.54, 1.807) is 19.9 Å². The molecule has 0 aliphatic carbocycles. The van der Waals surface area contributed by atoms with Crippen LogP contribution in [0.1, 0.15) is 25.0 Å². The molecule has 0 aliphatic heterocycles. The fourth-order valence-electron chi connectivity index (χ4n) is 1.71. The van der Waals surface area contributed by atoms with Gasteiger partial charge in [-0.1, -0.05) is 0 Å². The summed E-state index contributed by atoms with van der Waals surface area (Å²) in [4.78, 5) is 11.1. The molecule has 0 atom stereocenters. The summed E-state index contributed by atoms with van der Waals surface area (Å²) >= 11 is 0. The molecule has 20 heavy (non-hydrogen) atoms. The summed E-state index contributed by atoms with van der Waals surface area (Å²) < 4.78 is 31.9. The molecule has 0 aromatic heterocycles. The zero-order chi connectivity index (χ0) is 15.7. The number of hydrogen-bond acceptors (Lipinski definition) is 4. The molecule has 6 nitrogen and oxygen atoms in total. The highest BCUT2D eigenvalue weighted by atomic mass is 32.2. The molecule has 0 heterocycles. The van der Waals surface area contributed by atoms with Crippen LogP contribution in [-0.4, -0.2) is 32.1 Å². The second-order valence-corrected chi connectivity index (χ2v) is 6.77. The van der Waals surface area contributed by atoms with E-state index in [1.807, 2.05) is 0 Å². The molecule has 0 radical (unpaired) electrons. The van der Waals surface area contributed by atoms with Crippen molar-refractivity contribution in [2.75, 3.05) is 7.11 Å². The number of aliphatic carboxylic acids is 1. The summed E-state index contributed by atoms with van der Waals surface area (Å²) in [5, 5.41) is 9.01. The van der Waals surface area contributed by atoms with E-state index in [9.17, 15) is 13.2 Å². The van der Waals surface area contributed by atoms with Gasteiger partial charge >= 0.3 is 5.97 Å². The third-order valence-corrected chi connectivity index (χ3v) is 4.70. The quantitative estimate of drug-likeness (QED) is 0.858. The van der Waals surface area contributed by atoms with Gasteiger partial charge in [0, 0.05) is 0 Å². The number of nitrogens with one attached hydrogen (secondary N) is 1. The minimum absolute atomic E-state index is 0.0464. The van der Waals surface area contributed by atoms with Crippen molar-refractivity contribution in [2.45, 2.75) is 38.1 Å². The maximum absolute atomic E-state index is 12.3. The molecule has 7 heteroatoms. The molecular formula is C13H19NO5S. The van der Waals surface area contributed by atoms with Crippen LogP contribution in [0.5, 0.6) is 5.75 Å².